The molecule has 0 saturated carbocycles. The first-order chi connectivity index (χ1) is 8.04. The van der Waals surface area contributed by atoms with E-state index in [1.807, 2.05) is 0 Å². The van der Waals surface area contributed by atoms with Crippen molar-refractivity contribution in [3.05, 3.63) is 28.2 Å². The summed E-state index contributed by atoms with van der Waals surface area (Å²) in [7, 11) is 0. The number of nitrogens with zero attached hydrogens (tertiary/aromatic N) is 1. The van der Waals surface area contributed by atoms with Gasteiger partial charge in [0.1, 0.15) is 0 Å². The van der Waals surface area contributed by atoms with Gasteiger partial charge in [-0.05, 0) is 40.5 Å². The van der Waals surface area contributed by atoms with Crippen LogP contribution in [0, 0.1) is 17.6 Å². The van der Waals surface area contributed by atoms with E-state index in [1.54, 1.807) is 0 Å². The molecule has 17 heavy (non-hydrogen) atoms. The van der Waals surface area contributed by atoms with Crippen molar-refractivity contribution in [1.29, 1.82) is 0 Å². The van der Waals surface area contributed by atoms with Crippen LogP contribution in [-0.2, 0) is 4.79 Å². The summed E-state index contributed by atoms with van der Waals surface area (Å²) < 4.78 is 26.3. The molecule has 1 aliphatic rings. The zero-order valence-corrected chi connectivity index (χ0v) is 10.5. The number of hydrogen-bond donors (Lipinski definition) is 1. The lowest BCUT2D eigenvalue weighted by Gasteiger charge is -2.18. The van der Waals surface area contributed by atoms with E-state index in [1.165, 1.54) is 11.0 Å². The fourth-order valence-electron chi connectivity index (χ4n) is 1.90. The van der Waals surface area contributed by atoms with Gasteiger partial charge in [0.15, 0.2) is 11.6 Å². The van der Waals surface area contributed by atoms with Crippen molar-refractivity contribution >= 4 is 27.5 Å². The van der Waals surface area contributed by atoms with Gasteiger partial charge in [-0.25, -0.2) is 8.78 Å². The van der Waals surface area contributed by atoms with E-state index in [4.69, 9.17) is 5.73 Å². The quantitative estimate of drug-likeness (QED) is 0.850. The van der Waals surface area contributed by atoms with E-state index in [-0.39, 0.29) is 16.3 Å². The summed E-state index contributed by atoms with van der Waals surface area (Å²) in [6.07, 6.45) is 0.349. The van der Waals surface area contributed by atoms with Gasteiger partial charge in [-0.2, -0.15) is 0 Å². The lowest BCUT2D eigenvalue weighted by atomic mass is 10.1. The van der Waals surface area contributed by atoms with Gasteiger partial charge in [-0.15, -0.1) is 0 Å². The van der Waals surface area contributed by atoms with Crippen LogP contribution in [0.5, 0.6) is 0 Å². The lowest BCUT2D eigenvalue weighted by Crippen LogP contribution is -2.26. The van der Waals surface area contributed by atoms with Crippen LogP contribution in [0.2, 0.25) is 0 Å². The number of hydrogen-bond acceptors (Lipinski definition) is 2. The molecule has 1 aromatic rings. The van der Waals surface area contributed by atoms with Gasteiger partial charge < -0.3 is 10.6 Å². The molecule has 1 fully saturated rings. The number of amides is 1. The first-order valence-electron chi connectivity index (χ1n) is 5.18. The smallest absolute Gasteiger partial charge is 0.227 e. The predicted molar refractivity (Wildman–Crippen MR) is 63.6 cm³/mol. The van der Waals surface area contributed by atoms with Crippen molar-refractivity contribution in [2.75, 3.05) is 18.0 Å². The Morgan fingerprint density at radius 3 is 2.76 bits per heavy atom. The van der Waals surface area contributed by atoms with Crippen molar-refractivity contribution in [2.45, 2.75) is 6.42 Å². The molecule has 0 spiro atoms. The number of nitrogens with two attached hydrogens (primary N) is 1. The molecule has 1 atom stereocenters. The number of carbonyl (C=O) groups is 1. The minimum atomic E-state index is -0.980. The Bertz CT molecular complexity index is 467. The second-order valence-corrected chi connectivity index (χ2v) is 4.80. The molecule has 92 valence electrons. The molecule has 1 saturated heterocycles. The molecule has 1 heterocycles. The highest BCUT2D eigenvalue weighted by Gasteiger charge is 2.31. The summed E-state index contributed by atoms with van der Waals surface area (Å²) in [5.41, 5.74) is 5.86. The zero-order valence-electron chi connectivity index (χ0n) is 8.92. The third-order valence-electron chi connectivity index (χ3n) is 2.84. The van der Waals surface area contributed by atoms with E-state index in [0.29, 0.717) is 25.2 Å². The molecule has 1 amide bonds. The molecule has 2 N–H and O–H groups in total. The average Bonchev–Trinajstić information content (AvgIpc) is 2.68. The minimum absolute atomic E-state index is 0.0245. The molecule has 1 aromatic carbocycles. The molecule has 1 aliphatic heterocycles. The molecule has 0 radical (unpaired) electrons. The fourth-order valence-corrected chi connectivity index (χ4v) is 2.43. The van der Waals surface area contributed by atoms with Gasteiger partial charge in [-0.3, -0.25) is 4.79 Å². The SMILES string of the molecule is NCC1CC(=O)N(c2ccc(F)c(F)c2Br)C1. The van der Waals surface area contributed by atoms with Crippen molar-refractivity contribution in [2.24, 2.45) is 11.7 Å². The Balaban J connectivity index is 2.35. The van der Waals surface area contributed by atoms with Gasteiger partial charge in [-0.1, -0.05) is 0 Å². The maximum atomic E-state index is 13.4. The standard InChI is InChI=1S/C11H11BrF2N2O/c12-10-8(2-1-7(13)11(10)14)16-5-6(4-15)3-9(16)17/h1-2,6H,3-5,15H2. The number of rotatable bonds is 2. The van der Waals surface area contributed by atoms with Crippen molar-refractivity contribution in [3.63, 3.8) is 0 Å². The lowest BCUT2D eigenvalue weighted by molar-refractivity contribution is -0.117. The molecule has 3 nitrogen and oxygen atoms in total. The number of carbonyl (C=O) groups excluding carboxylic acids is 1. The van der Waals surface area contributed by atoms with Gasteiger partial charge in [0.2, 0.25) is 5.91 Å². The normalized spacial score (nSPS) is 20.1. The molecule has 1 unspecified atom stereocenters. The van der Waals surface area contributed by atoms with E-state index >= 15 is 0 Å². The number of anilines is 1. The number of benzene rings is 1. The van der Waals surface area contributed by atoms with Crippen LogP contribution in [0.4, 0.5) is 14.5 Å². The summed E-state index contributed by atoms with van der Waals surface area (Å²) in [4.78, 5) is 13.2. The Hall–Kier alpha value is -1.01. The van der Waals surface area contributed by atoms with Gasteiger partial charge in [0, 0.05) is 13.0 Å². The molecule has 0 bridgehead atoms. The van der Waals surface area contributed by atoms with Crippen molar-refractivity contribution < 1.29 is 13.6 Å². The molecule has 6 heteroatoms. The topological polar surface area (TPSA) is 46.3 Å². The monoisotopic (exact) mass is 304 g/mol. The van der Waals surface area contributed by atoms with Crippen LogP contribution in [0.3, 0.4) is 0 Å². The molecule has 0 aliphatic carbocycles. The summed E-state index contributed by atoms with van der Waals surface area (Å²) in [5.74, 6) is -1.97. The summed E-state index contributed by atoms with van der Waals surface area (Å²) in [5, 5.41) is 0. The fraction of sp³-hybridized carbons (Fsp3) is 0.364. The third kappa shape index (κ3) is 2.19. The maximum Gasteiger partial charge on any atom is 0.227 e. The van der Waals surface area contributed by atoms with E-state index in [9.17, 15) is 13.6 Å². The zero-order chi connectivity index (χ0) is 12.6. The Labute approximate surface area is 106 Å². The largest absolute Gasteiger partial charge is 0.330 e. The van der Waals surface area contributed by atoms with Crippen LogP contribution in [-0.4, -0.2) is 19.0 Å². The molecule has 0 aromatic heterocycles. The summed E-state index contributed by atoms with van der Waals surface area (Å²) >= 11 is 2.97. The summed E-state index contributed by atoms with van der Waals surface area (Å²) in [6, 6.07) is 2.40. The first kappa shape index (κ1) is 12.4. The molecule has 2 rings (SSSR count). The second kappa shape index (κ2) is 4.70. The van der Waals surface area contributed by atoms with Gasteiger partial charge in [0.25, 0.3) is 0 Å². The van der Waals surface area contributed by atoms with E-state index in [2.05, 4.69) is 15.9 Å². The highest BCUT2D eigenvalue weighted by Crippen LogP contribution is 2.33. The predicted octanol–water partition coefficient (Wildman–Crippen LogP) is 2.04. The van der Waals surface area contributed by atoms with Crippen LogP contribution in [0.1, 0.15) is 6.42 Å². The average molecular weight is 305 g/mol. The van der Waals surface area contributed by atoms with Crippen LogP contribution < -0.4 is 10.6 Å². The molecular weight excluding hydrogens is 294 g/mol. The minimum Gasteiger partial charge on any atom is -0.330 e. The molecular formula is C11H11BrF2N2O. The van der Waals surface area contributed by atoms with Crippen molar-refractivity contribution in [3.8, 4) is 0 Å². The highest BCUT2D eigenvalue weighted by atomic mass is 79.9. The van der Waals surface area contributed by atoms with Gasteiger partial charge in [0.05, 0.1) is 10.2 Å². The highest BCUT2D eigenvalue weighted by molar-refractivity contribution is 9.10. The van der Waals surface area contributed by atoms with E-state index < -0.39 is 11.6 Å². The van der Waals surface area contributed by atoms with E-state index in [0.717, 1.165) is 6.07 Å². The second-order valence-electron chi connectivity index (χ2n) is 4.00. The Morgan fingerprint density at radius 2 is 2.18 bits per heavy atom. The van der Waals surface area contributed by atoms with Crippen LogP contribution in [0.25, 0.3) is 0 Å². The Morgan fingerprint density at radius 1 is 1.47 bits per heavy atom. The summed E-state index contributed by atoms with van der Waals surface area (Å²) in [6.45, 7) is 0.850. The van der Waals surface area contributed by atoms with Crippen LogP contribution in [0.15, 0.2) is 16.6 Å². The van der Waals surface area contributed by atoms with Crippen molar-refractivity contribution in [1.82, 2.24) is 0 Å². The Kier molecular flexibility index (Phi) is 3.44. The third-order valence-corrected chi connectivity index (χ3v) is 3.60. The first-order valence-corrected chi connectivity index (χ1v) is 5.97. The van der Waals surface area contributed by atoms with Crippen LogP contribution >= 0.6 is 15.9 Å². The maximum absolute atomic E-state index is 13.4. The number of halogens is 3. The van der Waals surface area contributed by atoms with Gasteiger partial charge >= 0.3 is 0 Å².